The van der Waals surface area contributed by atoms with Gasteiger partial charge in [-0.1, -0.05) is 36.1 Å². The van der Waals surface area contributed by atoms with Crippen LogP contribution in [0.4, 0.5) is 0 Å². The van der Waals surface area contributed by atoms with E-state index in [1.165, 1.54) is 18.2 Å². The number of carbonyl (C=O) groups excluding carboxylic acids is 3. The number of hydrogen-bond acceptors (Lipinski definition) is 10. The number of esters is 2. The van der Waals surface area contributed by atoms with Gasteiger partial charge in [0, 0.05) is 48.3 Å². The van der Waals surface area contributed by atoms with E-state index in [2.05, 4.69) is 17.9 Å². The van der Waals surface area contributed by atoms with E-state index in [-0.39, 0.29) is 73.2 Å². The first-order chi connectivity index (χ1) is 25.9. The number of aromatic hydroxyl groups is 2. The zero-order chi connectivity index (χ0) is 37.9. The van der Waals surface area contributed by atoms with Crippen LogP contribution in [0.15, 0.2) is 59.7 Å². The van der Waals surface area contributed by atoms with Crippen molar-refractivity contribution < 1.29 is 49.4 Å². The molecule has 2 aliphatic carbocycles. The SMILES string of the molecule is C[C@]1(O)[C@H]2CCC(=O)[C@@H](Cc3ccc4c(c3)C[C@H](O)/C(=C3/C[C@@H](c5cc(O)cc(CO)c5)C#C[C@H]5CC(=O)Oc6cc(O)c(cc65)C[C@H]1OC3=O)CC4)C2. The highest BCUT2D eigenvalue weighted by Gasteiger charge is 2.47. The standard InChI is InChI=1S/C44H44O10/c1-44(52)32-7-9-37(47)30(14-32)11-23-2-3-25-6-8-34(39(49)18-29(25)10-23)36-16-26(28-12-24(22-45)13-33(46)15-28)4-5-27-20-42(50)53-40-21-38(48)31(17-35(27)40)19-41(44)54-43(36)51/h2-3,10,12-13,15,17,21,26-27,30,32,39,41,45-46,48-49,52H,6-9,11,14,16,18-20,22H2,1H3/b36-34-/t26-,27-,30-,32-,39-,41+,44-/m0/s1. The molecule has 3 aromatic rings. The minimum Gasteiger partial charge on any atom is -0.508 e. The van der Waals surface area contributed by atoms with Gasteiger partial charge < -0.3 is 35.0 Å². The Bertz CT molecular complexity index is 2150. The Balaban J connectivity index is 1.36. The molecule has 10 heteroatoms. The summed E-state index contributed by atoms with van der Waals surface area (Å²) in [6.07, 6.45) is 0.159. The van der Waals surface area contributed by atoms with Crippen molar-refractivity contribution in [2.24, 2.45) is 11.8 Å². The zero-order valence-electron chi connectivity index (χ0n) is 30.1. The summed E-state index contributed by atoms with van der Waals surface area (Å²) < 4.78 is 12.0. The van der Waals surface area contributed by atoms with Crippen molar-refractivity contribution >= 4 is 17.7 Å². The second kappa shape index (κ2) is 14.0. The number of aliphatic hydroxyl groups is 3. The molecule has 9 bridgehead atoms. The predicted molar refractivity (Wildman–Crippen MR) is 196 cm³/mol. The fourth-order valence-electron chi connectivity index (χ4n) is 9.24. The highest BCUT2D eigenvalue weighted by molar-refractivity contribution is 5.90. The Kier molecular flexibility index (Phi) is 9.37. The number of ether oxygens (including phenoxy) is 2. The molecule has 54 heavy (non-hydrogen) atoms. The van der Waals surface area contributed by atoms with E-state index in [0.717, 1.165) is 16.7 Å². The van der Waals surface area contributed by atoms with Crippen molar-refractivity contribution in [3.05, 3.63) is 98.6 Å². The van der Waals surface area contributed by atoms with Gasteiger partial charge >= 0.3 is 11.9 Å². The van der Waals surface area contributed by atoms with Gasteiger partial charge in [0.1, 0.15) is 34.7 Å². The minimum absolute atomic E-state index is 0.0458. The number of phenolic OH excluding ortho intramolecular Hbond substituents is 2. The number of hydrogen-bond donors (Lipinski definition) is 5. The Morgan fingerprint density at radius 3 is 2.48 bits per heavy atom. The van der Waals surface area contributed by atoms with Crippen LogP contribution in [-0.4, -0.2) is 61.1 Å². The van der Waals surface area contributed by atoms with Crippen LogP contribution in [0.1, 0.15) is 96.2 Å². The summed E-state index contributed by atoms with van der Waals surface area (Å²) in [7, 11) is 0. The van der Waals surface area contributed by atoms with Gasteiger partial charge in [-0.25, -0.2) is 4.79 Å². The van der Waals surface area contributed by atoms with Gasteiger partial charge in [-0.15, -0.1) is 0 Å². The third-order valence-corrected chi connectivity index (χ3v) is 12.4. The van der Waals surface area contributed by atoms with Crippen LogP contribution in [0.5, 0.6) is 17.2 Å². The van der Waals surface area contributed by atoms with Crippen molar-refractivity contribution in [3.8, 4) is 29.1 Å². The first-order valence-electron chi connectivity index (χ1n) is 18.8. The number of fused-ring (bicyclic) bond motifs is 9. The normalized spacial score (nSPS) is 30.7. The van der Waals surface area contributed by atoms with Crippen molar-refractivity contribution in [1.29, 1.82) is 0 Å². The maximum atomic E-state index is 14.9. The summed E-state index contributed by atoms with van der Waals surface area (Å²) in [5.74, 6) is 3.03. The molecule has 7 atom stereocenters. The van der Waals surface area contributed by atoms with Gasteiger partial charge in [0.15, 0.2) is 0 Å². The van der Waals surface area contributed by atoms with Crippen molar-refractivity contribution in [3.63, 3.8) is 0 Å². The highest BCUT2D eigenvalue weighted by atomic mass is 16.6. The summed E-state index contributed by atoms with van der Waals surface area (Å²) in [6, 6.07) is 13.8. The van der Waals surface area contributed by atoms with Gasteiger partial charge in [-0.3, -0.25) is 9.59 Å². The molecule has 0 amide bonds. The largest absolute Gasteiger partial charge is 0.508 e. The molecule has 3 aromatic carbocycles. The first kappa shape index (κ1) is 36.0. The molecule has 280 valence electrons. The van der Waals surface area contributed by atoms with Gasteiger partial charge in [-0.2, -0.15) is 0 Å². The van der Waals surface area contributed by atoms with E-state index in [1.807, 2.05) is 12.1 Å². The van der Waals surface area contributed by atoms with E-state index < -0.39 is 47.5 Å². The number of phenols is 2. The molecule has 10 nitrogen and oxygen atoms in total. The van der Waals surface area contributed by atoms with Crippen LogP contribution in [0, 0.1) is 23.7 Å². The van der Waals surface area contributed by atoms with Crippen LogP contribution >= 0.6 is 0 Å². The van der Waals surface area contributed by atoms with Crippen LogP contribution in [0.25, 0.3) is 0 Å². The van der Waals surface area contributed by atoms with E-state index in [0.29, 0.717) is 59.9 Å². The summed E-state index contributed by atoms with van der Waals surface area (Å²) in [6.45, 7) is 1.28. The van der Waals surface area contributed by atoms with Gasteiger partial charge in [0.05, 0.1) is 25.0 Å². The second-order valence-corrected chi connectivity index (χ2v) is 15.9. The average Bonchev–Trinajstić information content (AvgIpc) is 3.28. The highest BCUT2D eigenvalue weighted by Crippen LogP contribution is 2.44. The fraction of sp³-hybridized carbons (Fsp3) is 0.432. The van der Waals surface area contributed by atoms with Crippen LogP contribution < -0.4 is 4.74 Å². The molecule has 0 saturated heterocycles. The summed E-state index contributed by atoms with van der Waals surface area (Å²) in [5, 5.41) is 56.6. The number of ketones is 1. The van der Waals surface area contributed by atoms with Gasteiger partial charge in [-0.05, 0) is 109 Å². The molecule has 0 radical (unpaired) electrons. The van der Waals surface area contributed by atoms with Crippen LogP contribution in [0.2, 0.25) is 0 Å². The Morgan fingerprint density at radius 1 is 0.852 bits per heavy atom. The number of aryl methyl sites for hydroxylation is 1. The molecule has 0 spiro atoms. The Labute approximate surface area is 313 Å². The van der Waals surface area contributed by atoms with Crippen LogP contribution in [-0.2, 0) is 51.4 Å². The summed E-state index contributed by atoms with van der Waals surface area (Å²) >= 11 is 0. The molecule has 3 aliphatic heterocycles. The van der Waals surface area contributed by atoms with Crippen molar-refractivity contribution in [2.75, 3.05) is 0 Å². The van der Waals surface area contributed by atoms with Gasteiger partial charge in [0.2, 0.25) is 0 Å². The molecule has 0 unspecified atom stereocenters. The maximum Gasteiger partial charge on any atom is 0.334 e. The number of rotatable bonds is 2. The minimum atomic E-state index is -1.66. The number of aliphatic hydroxyl groups excluding tert-OH is 2. The smallest absolute Gasteiger partial charge is 0.334 e. The second-order valence-electron chi connectivity index (χ2n) is 15.9. The fourth-order valence-corrected chi connectivity index (χ4v) is 9.24. The zero-order valence-corrected chi connectivity index (χ0v) is 30.1. The number of carbonyl (C=O) groups is 3. The van der Waals surface area contributed by atoms with E-state index in [9.17, 15) is 39.9 Å². The summed E-state index contributed by atoms with van der Waals surface area (Å²) in [5.41, 5.74) is 3.85. The molecular formula is C44H44O10. The Hall–Kier alpha value is -4.95. The average molecular weight is 733 g/mol. The maximum absolute atomic E-state index is 14.9. The third kappa shape index (κ3) is 6.81. The molecule has 1 fully saturated rings. The molecule has 5 aliphatic rings. The molecule has 1 saturated carbocycles. The van der Waals surface area contributed by atoms with Crippen molar-refractivity contribution in [1.82, 2.24) is 0 Å². The lowest BCUT2D eigenvalue weighted by Crippen LogP contribution is -2.52. The topological polar surface area (TPSA) is 171 Å². The Morgan fingerprint density at radius 2 is 1.67 bits per heavy atom. The van der Waals surface area contributed by atoms with E-state index in [1.54, 1.807) is 19.1 Å². The number of Topliss-reactive ketones (excluding diaryl/α,β-unsaturated/α-hetero) is 1. The summed E-state index contributed by atoms with van der Waals surface area (Å²) in [4.78, 5) is 41.1. The van der Waals surface area contributed by atoms with Crippen molar-refractivity contribution in [2.45, 2.75) is 107 Å². The molecule has 8 rings (SSSR count). The monoisotopic (exact) mass is 732 g/mol. The quantitative estimate of drug-likeness (QED) is 0.141. The lowest BCUT2D eigenvalue weighted by atomic mass is 9.68. The first-order valence-corrected chi connectivity index (χ1v) is 18.8. The predicted octanol–water partition coefficient (Wildman–Crippen LogP) is 4.77. The lowest BCUT2D eigenvalue weighted by Gasteiger charge is -2.42. The molecular weight excluding hydrogens is 688 g/mol. The third-order valence-electron chi connectivity index (χ3n) is 12.4. The van der Waals surface area contributed by atoms with Crippen LogP contribution in [0.3, 0.4) is 0 Å². The van der Waals surface area contributed by atoms with E-state index >= 15 is 0 Å². The van der Waals surface area contributed by atoms with Gasteiger partial charge in [0.25, 0.3) is 0 Å². The van der Waals surface area contributed by atoms with E-state index in [4.69, 9.17) is 9.47 Å². The molecule has 5 N–H and O–H groups in total. The molecule has 3 heterocycles. The molecule has 0 aromatic heterocycles. The number of benzene rings is 3. The lowest BCUT2D eigenvalue weighted by molar-refractivity contribution is -0.170.